The van der Waals surface area contributed by atoms with Crippen molar-refractivity contribution in [2.75, 3.05) is 38.6 Å². The summed E-state index contributed by atoms with van der Waals surface area (Å²) in [6, 6.07) is 8.27. The topological polar surface area (TPSA) is 99.6 Å². The van der Waals surface area contributed by atoms with Crippen LogP contribution in [0.4, 0.5) is 5.82 Å². The zero-order chi connectivity index (χ0) is 22.8. The number of ether oxygens (including phenoxy) is 1. The maximum absolute atomic E-state index is 11.4. The minimum absolute atomic E-state index is 0.0519. The number of anilines is 1. The van der Waals surface area contributed by atoms with Crippen molar-refractivity contribution in [3.8, 4) is 5.88 Å². The average molecular weight is 452 g/mol. The van der Waals surface area contributed by atoms with Gasteiger partial charge in [-0.3, -0.25) is 4.79 Å². The number of piperidine rings is 1. The van der Waals surface area contributed by atoms with Crippen LogP contribution in [0, 0.1) is 11.8 Å². The van der Waals surface area contributed by atoms with E-state index in [-0.39, 0.29) is 12.5 Å². The van der Waals surface area contributed by atoms with E-state index < -0.39 is 5.97 Å². The maximum Gasteiger partial charge on any atom is 0.305 e. The van der Waals surface area contributed by atoms with Crippen LogP contribution in [0.15, 0.2) is 30.5 Å². The molecule has 1 unspecified atom stereocenters. The van der Waals surface area contributed by atoms with Crippen molar-refractivity contribution >= 4 is 11.8 Å². The lowest BCUT2D eigenvalue weighted by atomic mass is 10.1. The van der Waals surface area contributed by atoms with Crippen molar-refractivity contribution in [1.82, 2.24) is 20.2 Å². The van der Waals surface area contributed by atoms with Gasteiger partial charge in [-0.25, -0.2) is 9.97 Å². The average Bonchev–Trinajstić information content (AvgIpc) is 3.26. The first kappa shape index (κ1) is 22.1. The molecule has 2 aromatic rings. The highest BCUT2D eigenvalue weighted by atomic mass is 16.5. The van der Waals surface area contributed by atoms with Gasteiger partial charge in [-0.05, 0) is 61.3 Å². The first-order valence-electron chi connectivity index (χ1n) is 12.0. The number of carboxylic acid groups (broad SMARTS) is 1. The van der Waals surface area contributed by atoms with Gasteiger partial charge in [-0.1, -0.05) is 12.1 Å². The third-order valence-corrected chi connectivity index (χ3v) is 7.27. The molecule has 5 rings (SSSR count). The predicted octanol–water partition coefficient (Wildman–Crippen LogP) is 2.51. The molecule has 3 aliphatic rings. The molecule has 2 fully saturated rings. The quantitative estimate of drug-likeness (QED) is 0.507. The fraction of sp³-hybridized carbons (Fsp3) is 0.560. The molecule has 2 aromatic heterocycles. The van der Waals surface area contributed by atoms with Crippen LogP contribution >= 0.6 is 0 Å². The summed E-state index contributed by atoms with van der Waals surface area (Å²) in [5.74, 6) is 2.03. The number of carboxylic acids is 1. The summed E-state index contributed by atoms with van der Waals surface area (Å²) in [6.07, 6.45) is 6.21. The highest BCUT2D eigenvalue weighted by molar-refractivity contribution is 5.68. The highest BCUT2D eigenvalue weighted by Gasteiger charge is 2.55. The Morgan fingerprint density at radius 3 is 2.88 bits per heavy atom. The molecule has 33 heavy (non-hydrogen) atoms. The van der Waals surface area contributed by atoms with Gasteiger partial charge < -0.3 is 25.4 Å². The Labute approximate surface area is 194 Å². The van der Waals surface area contributed by atoms with Crippen LogP contribution in [-0.2, 0) is 17.6 Å². The molecule has 1 saturated carbocycles. The summed E-state index contributed by atoms with van der Waals surface area (Å²) in [4.78, 5) is 23.0. The number of methoxy groups -OCH3 is 1. The van der Waals surface area contributed by atoms with Gasteiger partial charge in [-0.2, -0.15) is 0 Å². The van der Waals surface area contributed by atoms with Gasteiger partial charge in [0.1, 0.15) is 5.82 Å². The Balaban J connectivity index is 1.08. The molecule has 0 bridgehead atoms. The fourth-order valence-corrected chi connectivity index (χ4v) is 5.43. The molecule has 1 saturated heterocycles. The molecule has 8 heteroatoms. The lowest BCUT2D eigenvalue weighted by molar-refractivity contribution is -0.137. The molecule has 4 atom stereocenters. The lowest BCUT2D eigenvalue weighted by Gasteiger charge is -2.23. The summed E-state index contributed by atoms with van der Waals surface area (Å²) in [7, 11) is 1.58. The summed E-state index contributed by atoms with van der Waals surface area (Å²) in [6.45, 7) is 4.29. The number of fused-ring (bicyclic) bond motifs is 2. The van der Waals surface area contributed by atoms with Crippen molar-refractivity contribution in [2.24, 2.45) is 11.8 Å². The van der Waals surface area contributed by atoms with E-state index in [0.717, 1.165) is 56.8 Å². The Hall–Kier alpha value is -2.71. The van der Waals surface area contributed by atoms with Crippen LogP contribution in [0.2, 0.25) is 0 Å². The van der Waals surface area contributed by atoms with E-state index in [4.69, 9.17) is 9.72 Å². The molecular weight excluding hydrogens is 418 g/mol. The van der Waals surface area contributed by atoms with Gasteiger partial charge >= 0.3 is 5.97 Å². The van der Waals surface area contributed by atoms with Gasteiger partial charge in [0.05, 0.1) is 13.5 Å². The zero-order valence-electron chi connectivity index (χ0n) is 19.2. The number of rotatable bonds is 10. The van der Waals surface area contributed by atoms with Crippen molar-refractivity contribution in [2.45, 2.75) is 44.2 Å². The molecule has 0 spiro atoms. The Morgan fingerprint density at radius 2 is 2.15 bits per heavy atom. The normalized spacial score (nSPS) is 24.5. The Kier molecular flexibility index (Phi) is 6.46. The maximum atomic E-state index is 11.4. The van der Waals surface area contributed by atoms with E-state index in [1.807, 2.05) is 6.07 Å². The number of aliphatic carboxylic acids is 1. The molecule has 0 radical (unpaired) electrons. The zero-order valence-corrected chi connectivity index (χ0v) is 19.2. The number of likely N-dealkylation sites (tertiary alicyclic amines) is 1. The van der Waals surface area contributed by atoms with E-state index in [1.165, 1.54) is 17.7 Å². The molecule has 3 N–H and O–H groups in total. The smallest absolute Gasteiger partial charge is 0.305 e. The number of hydrogen-bond donors (Lipinski definition) is 3. The first-order chi connectivity index (χ1) is 16.1. The third kappa shape index (κ3) is 5.12. The number of pyridine rings is 2. The van der Waals surface area contributed by atoms with E-state index in [0.29, 0.717) is 23.8 Å². The largest absolute Gasteiger partial charge is 0.481 e. The second-order valence-electron chi connectivity index (χ2n) is 9.51. The molecule has 0 amide bonds. The van der Waals surface area contributed by atoms with Gasteiger partial charge in [0.25, 0.3) is 0 Å². The monoisotopic (exact) mass is 451 g/mol. The summed E-state index contributed by atoms with van der Waals surface area (Å²) in [5.41, 5.74) is 3.42. The summed E-state index contributed by atoms with van der Waals surface area (Å²) in [5, 5.41) is 16.4. The molecule has 8 nitrogen and oxygen atoms in total. The number of nitrogens with zero attached hydrogens (tertiary/aromatic N) is 3. The van der Waals surface area contributed by atoms with Crippen molar-refractivity contribution in [3.05, 3.63) is 47.3 Å². The van der Waals surface area contributed by atoms with Crippen molar-refractivity contribution < 1.29 is 14.6 Å². The van der Waals surface area contributed by atoms with Gasteiger partial charge in [0.15, 0.2) is 0 Å². The van der Waals surface area contributed by atoms with Gasteiger partial charge in [0, 0.05) is 49.7 Å². The molecular formula is C25H33N5O3. The summed E-state index contributed by atoms with van der Waals surface area (Å²) < 4.78 is 5.12. The SMILES string of the molecule is COc1ccc([C@H](CC(=O)O)NC2[C@H]3CN(CCCc4ccc5c(n4)NCCC5)C[C@@H]23)cn1. The third-order valence-electron chi connectivity index (χ3n) is 7.27. The summed E-state index contributed by atoms with van der Waals surface area (Å²) >= 11 is 0. The van der Waals surface area contributed by atoms with Crippen LogP contribution in [0.5, 0.6) is 5.88 Å². The molecule has 4 heterocycles. The van der Waals surface area contributed by atoms with Crippen LogP contribution in [0.25, 0.3) is 0 Å². The second kappa shape index (κ2) is 9.65. The molecule has 2 aliphatic heterocycles. The van der Waals surface area contributed by atoms with Crippen LogP contribution in [0.3, 0.4) is 0 Å². The molecule has 0 aromatic carbocycles. The Morgan fingerprint density at radius 1 is 1.30 bits per heavy atom. The number of nitrogens with one attached hydrogen (secondary N) is 2. The fourth-order valence-electron chi connectivity index (χ4n) is 5.43. The van der Waals surface area contributed by atoms with Gasteiger partial charge in [-0.15, -0.1) is 0 Å². The highest BCUT2D eigenvalue weighted by Crippen LogP contribution is 2.46. The number of aryl methyl sites for hydroxylation is 2. The van der Waals surface area contributed by atoms with E-state index >= 15 is 0 Å². The minimum Gasteiger partial charge on any atom is -0.481 e. The predicted molar refractivity (Wildman–Crippen MR) is 125 cm³/mol. The van der Waals surface area contributed by atoms with Gasteiger partial charge in [0.2, 0.25) is 5.88 Å². The molecule has 1 aliphatic carbocycles. The van der Waals surface area contributed by atoms with Crippen LogP contribution < -0.4 is 15.4 Å². The van der Waals surface area contributed by atoms with Crippen LogP contribution in [-0.4, -0.2) is 65.3 Å². The minimum atomic E-state index is -0.804. The molecule has 176 valence electrons. The number of carbonyl (C=O) groups is 1. The number of hydrogen-bond acceptors (Lipinski definition) is 7. The van der Waals surface area contributed by atoms with E-state index in [1.54, 1.807) is 19.4 Å². The van der Waals surface area contributed by atoms with Crippen LogP contribution in [0.1, 0.15) is 42.1 Å². The van der Waals surface area contributed by atoms with Crippen molar-refractivity contribution in [3.63, 3.8) is 0 Å². The van der Waals surface area contributed by atoms with E-state index in [2.05, 4.69) is 32.7 Å². The Bertz CT molecular complexity index is 971. The van der Waals surface area contributed by atoms with E-state index in [9.17, 15) is 9.90 Å². The lowest BCUT2D eigenvalue weighted by Crippen LogP contribution is -2.34. The van der Waals surface area contributed by atoms with Crippen molar-refractivity contribution in [1.29, 1.82) is 0 Å². The first-order valence-corrected chi connectivity index (χ1v) is 12.0. The second-order valence-corrected chi connectivity index (χ2v) is 9.51. The standard InChI is InChI=1S/C25H33N5O3/c1-33-22-9-7-17(13-27-22)21(12-23(31)32)29-24-19-14-30(15-20(19)24)11-3-5-18-8-6-16-4-2-10-26-25(16)28-18/h6-9,13,19-21,24,29H,2-5,10-12,14-15H2,1H3,(H,26,28)(H,31,32)/t19-,20+,21-,24?/m0/s1. The number of aromatic nitrogens is 2.